The van der Waals surface area contributed by atoms with Crippen LogP contribution in [0.4, 0.5) is 0 Å². The maximum Gasteiger partial charge on any atom is 0.0640 e. The van der Waals surface area contributed by atoms with Crippen LogP contribution in [0.25, 0.3) is 0 Å². The maximum absolute atomic E-state index is 4.83. The van der Waals surface area contributed by atoms with Gasteiger partial charge in [-0.15, -0.1) is 0 Å². The van der Waals surface area contributed by atoms with Gasteiger partial charge in [0.2, 0.25) is 0 Å². The summed E-state index contributed by atoms with van der Waals surface area (Å²) >= 11 is 0. The molecule has 1 heterocycles. The van der Waals surface area contributed by atoms with E-state index >= 15 is 0 Å². The summed E-state index contributed by atoms with van der Waals surface area (Å²) in [5, 5.41) is 8.29. The van der Waals surface area contributed by atoms with Gasteiger partial charge < -0.3 is 5.32 Å². The van der Waals surface area contributed by atoms with Gasteiger partial charge in [0.05, 0.1) is 11.7 Å². The summed E-state index contributed by atoms with van der Waals surface area (Å²) in [6.07, 6.45) is 14.3. The highest BCUT2D eigenvalue weighted by atomic mass is 15.3. The number of aromatic nitrogens is 2. The SMILES string of the molecule is CNC(Cc1ccn(C2CCCCC2)n1)CC1CC1. The van der Waals surface area contributed by atoms with E-state index in [0.717, 1.165) is 12.3 Å². The fourth-order valence-electron chi connectivity index (χ4n) is 3.35. The summed E-state index contributed by atoms with van der Waals surface area (Å²) in [5.41, 5.74) is 1.27. The first-order chi connectivity index (χ1) is 9.35. The van der Waals surface area contributed by atoms with Crippen molar-refractivity contribution in [2.45, 2.75) is 69.9 Å². The number of rotatable bonds is 6. The Balaban J connectivity index is 1.56. The van der Waals surface area contributed by atoms with Gasteiger partial charge in [-0.3, -0.25) is 4.68 Å². The molecular formula is C16H27N3. The predicted octanol–water partition coefficient (Wildman–Crippen LogP) is 3.32. The number of nitrogens with zero attached hydrogens (tertiary/aromatic N) is 2. The van der Waals surface area contributed by atoms with Gasteiger partial charge >= 0.3 is 0 Å². The Labute approximate surface area is 116 Å². The summed E-state index contributed by atoms with van der Waals surface area (Å²) in [7, 11) is 2.09. The van der Waals surface area contributed by atoms with Crippen molar-refractivity contribution in [3.8, 4) is 0 Å². The molecule has 0 spiro atoms. The van der Waals surface area contributed by atoms with Crippen LogP contribution in [0.2, 0.25) is 0 Å². The lowest BCUT2D eigenvalue weighted by Gasteiger charge is -2.22. The van der Waals surface area contributed by atoms with Crippen LogP contribution < -0.4 is 5.32 Å². The first-order valence-corrected chi connectivity index (χ1v) is 8.06. The maximum atomic E-state index is 4.83. The quantitative estimate of drug-likeness (QED) is 0.851. The first-order valence-electron chi connectivity index (χ1n) is 8.06. The molecule has 2 aliphatic rings. The van der Waals surface area contributed by atoms with Gasteiger partial charge in [0, 0.05) is 18.7 Å². The molecule has 0 amide bonds. The second-order valence-corrected chi connectivity index (χ2v) is 6.45. The van der Waals surface area contributed by atoms with E-state index in [9.17, 15) is 0 Å². The minimum Gasteiger partial charge on any atom is -0.317 e. The Hall–Kier alpha value is -0.830. The van der Waals surface area contributed by atoms with Crippen LogP contribution in [0, 0.1) is 5.92 Å². The molecule has 3 nitrogen and oxygen atoms in total. The number of nitrogens with one attached hydrogen (secondary N) is 1. The third kappa shape index (κ3) is 3.59. The van der Waals surface area contributed by atoms with Crippen LogP contribution in [-0.2, 0) is 6.42 Å². The fraction of sp³-hybridized carbons (Fsp3) is 0.812. The van der Waals surface area contributed by atoms with E-state index in [1.165, 1.54) is 57.1 Å². The van der Waals surface area contributed by atoms with E-state index in [1.54, 1.807) is 0 Å². The van der Waals surface area contributed by atoms with E-state index in [4.69, 9.17) is 5.10 Å². The van der Waals surface area contributed by atoms with Crippen LogP contribution >= 0.6 is 0 Å². The van der Waals surface area contributed by atoms with E-state index in [0.29, 0.717) is 12.1 Å². The van der Waals surface area contributed by atoms with Gasteiger partial charge in [0.1, 0.15) is 0 Å². The summed E-state index contributed by atoms with van der Waals surface area (Å²) in [4.78, 5) is 0. The standard InChI is InChI=1S/C16H27N3/c1-17-15(11-13-7-8-13)12-14-9-10-19(18-14)16-5-3-2-4-6-16/h9-10,13,15-17H,2-8,11-12H2,1H3. The molecule has 3 rings (SSSR count). The molecule has 106 valence electrons. The molecule has 0 aliphatic heterocycles. The molecule has 19 heavy (non-hydrogen) atoms. The van der Waals surface area contributed by atoms with E-state index < -0.39 is 0 Å². The number of hydrogen-bond acceptors (Lipinski definition) is 2. The third-order valence-corrected chi connectivity index (χ3v) is 4.79. The van der Waals surface area contributed by atoms with Gasteiger partial charge in [-0.25, -0.2) is 0 Å². The van der Waals surface area contributed by atoms with Crippen LogP contribution in [0.15, 0.2) is 12.3 Å². The first kappa shape index (κ1) is 13.2. The Morgan fingerprint density at radius 1 is 1.26 bits per heavy atom. The van der Waals surface area contributed by atoms with Crippen molar-refractivity contribution in [1.29, 1.82) is 0 Å². The van der Waals surface area contributed by atoms with Crippen molar-refractivity contribution >= 4 is 0 Å². The average molecular weight is 261 g/mol. The van der Waals surface area contributed by atoms with Crippen LogP contribution in [0.3, 0.4) is 0 Å². The van der Waals surface area contributed by atoms with Gasteiger partial charge in [0.25, 0.3) is 0 Å². The summed E-state index contributed by atoms with van der Waals surface area (Å²) in [6.45, 7) is 0. The monoisotopic (exact) mass is 261 g/mol. The summed E-state index contributed by atoms with van der Waals surface area (Å²) < 4.78 is 2.23. The highest BCUT2D eigenvalue weighted by Crippen LogP contribution is 2.34. The molecule has 0 bridgehead atoms. The molecule has 0 aromatic carbocycles. The molecule has 2 saturated carbocycles. The van der Waals surface area contributed by atoms with Crippen molar-refractivity contribution in [3.63, 3.8) is 0 Å². The molecule has 0 saturated heterocycles. The highest BCUT2D eigenvalue weighted by Gasteiger charge is 2.25. The topological polar surface area (TPSA) is 29.9 Å². The molecule has 3 heteroatoms. The third-order valence-electron chi connectivity index (χ3n) is 4.79. The molecule has 1 aromatic heterocycles. The molecule has 0 radical (unpaired) electrons. The van der Waals surface area contributed by atoms with Crippen LogP contribution in [0.1, 0.15) is 63.1 Å². The lowest BCUT2D eigenvalue weighted by atomic mass is 9.96. The highest BCUT2D eigenvalue weighted by molar-refractivity contribution is 5.03. The van der Waals surface area contributed by atoms with Crippen molar-refractivity contribution < 1.29 is 0 Å². The number of hydrogen-bond donors (Lipinski definition) is 1. The molecular weight excluding hydrogens is 234 g/mol. The van der Waals surface area contributed by atoms with Gasteiger partial charge in [-0.2, -0.15) is 5.10 Å². The largest absolute Gasteiger partial charge is 0.317 e. The Morgan fingerprint density at radius 3 is 2.74 bits per heavy atom. The minimum absolute atomic E-state index is 0.613. The second-order valence-electron chi connectivity index (χ2n) is 6.45. The average Bonchev–Trinajstić information content (AvgIpc) is 3.15. The molecule has 1 aromatic rings. The zero-order valence-electron chi connectivity index (χ0n) is 12.1. The fourth-order valence-corrected chi connectivity index (χ4v) is 3.35. The van der Waals surface area contributed by atoms with Crippen molar-refractivity contribution in [2.75, 3.05) is 7.05 Å². The predicted molar refractivity (Wildman–Crippen MR) is 78.2 cm³/mol. The normalized spacial score (nSPS) is 22.6. The van der Waals surface area contributed by atoms with E-state index in [-0.39, 0.29) is 0 Å². The Kier molecular flexibility index (Phi) is 4.21. The Bertz CT molecular complexity index is 388. The van der Waals surface area contributed by atoms with Crippen LogP contribution in [-0.4, -0.2) is 22.9 Å². The lowest BCUT2D eigenvalue weighted by Crippen LogP contribution is -2.28. The molecule has 2 fully saturated rings. The smallest absolute Gasteiger partial charge is 0.0640 e. The van der Waals surface area contributed by atoms with Crippen molar-refractivity contribution in [1.82, 2.24) is 15.1 Å². The van der Waals surface area contributed by atoms with Crippen molar-refractivity contribution in [3.05, 3.63) is 18.0 Å². The van der Waals surface area contributed by atoms with E-state index in [1.807, 2.05) is 0 Å². The van der Waals surface area contributed by atoms with Gasteiger partial charge in [-0.1, -0.05) is 32.1 Å². The summed E-state index contributed by atoms with van der Waals surface area (Å²) in [6, 6.07) is 3.51. The zero-order valence-corrected chi connectivity index (χ0v) is 12.1. The lowest BCUT2D eigenvalue weighted by molar-refractivity contribution is 0.327. The second kappa shape index (κ2) is 6.08. The summed E-state index contributed by atoms with van der Waals surface area (Å²) in [5.74, 6) is 0.984. The Morgan fingerprint density at radius 2 is 2.05 bits per heavy atom. The van der Waals surface area contributed by atoms with E-state index in [2.05, 4.69) is 29.3 Å². The van der Waals surface area contributed by atoms with Gasteiger partial charge in [-0.05, 0) is 38.3 Å². The van der Waals surface area contributed by atoms with Gasteiger partial charge in [0.15, 0.2) is 0 Å². The minimum atomic E-state index is 0.613. The zero-order chi connectivity index (χ0) is 13.1. The molecule has 1 atom stereocenters. The molecule has 2 aliphatic carbocycles. The van der Waals surface area contributed by atoms with Crippen LogP contribution in [0.5, 0.6) is 0 Å². The molecule has 1 unspecified atom stereocenters. The number of likely N-dealkylation sites (N-methyl/N-ethyl adjacent to an activating group) is 1. The molecule has 1 N–H and O–H groups in total. The van der Waals surface area contributed by atoms with Crippen molar-refractivity contribution in [2.24, 2.45) is 5.92 Å².